The maximum atomic E-state index is 12.2. The second-order valence-electron chi connectivity index (χ2n) is 7.79. The first-order valence-corrected chi connectivity index (χ1v) is 10.7. The molecule has 10 heteroatoms. The lowest BCUT2D eigenvalue weighted by molar-refractivity contribution is -0.197. The number of likely N-dealkylation sites (tertiary alicyclic amines) is 1. The molecule has 0 aromatic rings. The van der Waals surface area contributed by atoms with E-state index in [1.807, 2.05) is 6.92 Å². The van der Waals surface area contributed by atoms with Crippen molar-refractivity contribution in [3.05, 3.63) is 0 Å². The van der Waals surface area contributed by atoms with Gasteiger partial charge in [-0.05, 0) is 25.8 Å². The first-order valence-electron chi connectivity index (χ1n) is 10.7. The molecule has 4 amide bonds. The van der Waals surface area contributed by atoms with E-state index < -0.39 is 17.8 Å². The maximum Gasteiger partial charge on any atom is 0.334 e. The molecule has 0 aromatic carbocycles. The van der Waals surface area contributed by atoms with Gasteiger partial charge >= 0.3 is 5.97 Å². The molecule has 30 heavy (non-hydrogen) atoms. The number of carbonyl (C=O) groups is 5. The molecular weight excluding hydrogens is 392 g/mol. The Balaban J connectivity index is 1.56. The predicted octanol–water partition coefficient (Wildman–Crippen LogP) is 0.117. The summed E-state index contributed by atoms with van der Waals surface area (Å²) in [6.07, 6.45) is 3.44. The monoisotopic (exact) mass is 424 g/mol. The van der Waals surface area contributed by atoms with Crippen LogP contribution in [-0.2, 0) is 28.8 Å². The number of hydrogen-bond acceptors (Lipinski definition) is 7. The number of imide groups is 1. The second-order valence-corrected chi connectivity index (χ2v) is 7.79. The van der Waals surface area contributed by atoms with Crippen LogP contribution >= 0.6 is 0 Å². The summed E-state index contributed by atoms with van der Waals surface area (Å²) in [6, 6.07) is 0.555. The number of nitrogens with one attached hydrogen (secondary N) is 2. The van der Waals surface area contributed by atoms with E-state index in [1.54, 1.807) is 0 Å². The Hall–Kier alpha value is -2.49. The molecule has 0 aliphatic carbocycles. The van der Waals surface area contributed by atoms with E-state index >= 15 is 0 Å². The fourth-order valence-corrected chi connectivity index (χ4v) is 3.70. The minimum Gasteiger partial charge on any atom is -0.355 e. The summed E-state index contributed by atoms with van der Waals surface area (Å²) in [5, 5.41) is 5.80. The van der Waals surface area contributed by atoms with Gasteiger partial charge < -0.3 is 15.5 Å². The highest BCUT2D eigenvalue weighted by Gasteiger charge is 2.32. The van der Waals surface area contributed by atoms with Crippen molar-refractivity contribution in [1.29, 1.82) is 0 Å². The van der Waals surface area contributed by atoms with Crippen LogP contribution in [0.1, 0.15) is 58.8 Å². The van der Waals surface area contributed by atoms with Crippen LogP contribution in [0.15, 0.2) is 0 Å². The summed E-state index contributed by atoms with van der Waals surface area (Å²) in [4.78, 5) is 65.6. The molecule has 2 fully saturated rings. The number of amides is 4. The van der Waals surface area contributed by atoms with Gasteiger partial charge in [0.05, 0.1) is 6.42 Å². The molecule has 10 nitrogen and oxygen atoms in total. The smallest absolute Gasteiger partial charge is 0.334 e. The summed E-state index contributed by atoms with van der Waals surface area (Å²) in [5.41, 5.74) is 0. The minimum atomic E-state index is -0.770. The fraction of sp³-hybridized carbons (Fsp3) is 0.750. The van der Waals surface area contributed by atoms with E-state index in [1.165, 1.54) is 12.8 Å². The van der Waals surface area contributed by atoms with Crippen LogP contribution in [0.4, 0.5) is 0 Å². The Morgan fingerprint density at radius 1 is 1.10 bits per heavy atom. The van der Waals surface area contributed by atoms with Crippen LogP contribution < -0.4 is 10.6 Å². The molecule has 1 unspecified atom stereocenters. The van der Waals surface area contributed by atoms with Crippen molar-refractivity contribution in [3.63, 3.8) is 0 Å². The average molecular weight is 424 g/mol. The van der Waals surface area contributed by atoms with E-state index in [2.05, 4.69) is 22.5 Å². The van der Waals surface area contributed by atoms with E-state index in [0.29, 0.717) is 11.1 Å². The standard InChI is InChI=1S/C20H32N4O6/c1-3-15-5-4-12-23(15)13-14(2)20(29)22-10-8-16(25)21-11-9-19(28)30-24-17(26)6-7-18(24)27/h14-15H,3-13H2,1-2H3,(H,21,25)(H,22,29)/t14-,15?/m0/s1. The van der Waals surface area contributed by atoms with E-state index in [-0.39, 0.29) is 56.5 Å². The van der Waals surface area contributed by atoms with Crippen LogP contribution in [0.3, 0.4) is 0 Å². The molecular formula is C20H32N4O6. The zero-order valence-corrected chi connectivity index (χ0v) is 17.8. The molecule has 2 atom stereocenters. The van der Waals surface area contributed by atoms with Gasteiger partial charge in [-0.15, -0.1) is 5.06 Å². The maximum absolute atomic E-state index is 12.2. The van der Waals surface area contributed by atoms with E-state index in [4.69, 9.17) is 4.84 Å². The van der Waals surface area contributed by atoms with Gasteiger partial charge in [-0.3, -0.25) is 24.1 Å². The Bertz CT molecular complexity index is 652. The number of carbonyl (C=O) groups excluding carboxylic acids is 5. The predicted molar refractivity (Wildman–Crippen MR) is 106 cm³/mol. The molecule has 0 spiro atoms. The number of nitrogens with zero attached hydrogens (tertiary/aromatic N) is 2. The van der Waals surface area contributed by atoms with Gasteiger partial charge in [-0.2, -0.15) is 0 Å². The summed E-state index contributed by atoms with van der Waals surface area (Å²) in [6.45, 7) is 6.04. The van der Waals surface area contributed by atoms with Gasteiger partial charge in [0.25, 0.3) is 11.8 Å². The molecule has 0 aromatic heterocycles. The highest BCUT2D eigenvalue weighted by Crippen LogP contribution is 2.20. The van der Waals surface area contributed by atoms with Gasteiger partial charge in [0.15, 0.2) is 0 Å². The molecule has 0 saturated carbocycles. The Kier molecular flexibility index (Phi) is 9.22. The second kappa shape index (κ2) is 11.6. The lowest BCUT2D eigenvalue weighted by atomic mass is 10.1. The van der Waals surface area contributed by atoms with Gasteiger partial charge in [-0.1, -0.05) is 13.8 Å². The van der Waals surface area contributed by atoms with Crippen molar-refractivity contribution in [2.75, 3.05) is 26.2 Å². The van der Waals surface area contributed by atoms with Crippen molar-refractivity contribution in [1.82, 2.24) is 20.6 Å². The number of hydroxylamine groups is 2. The highest BCUT2D eigenvalue weighted by molar-refractivity contribution is 6.01. The third kappa shape index (κ3) is 7.08. The SMILES string of the molecule is CCC1CCCN1C[C@H](C)C(=O)NCCC(=O)NCCC(=O)ON1C(=O)CCC1=O. The summed E-state index contributed by atoms with van der Waals surface area (Å²) in [5.74, 6) is -2.39. The van der Waals surface area contributed by atoms with Crippen molar-refractivity contribution in [2.24, 2.45) is 5.92 Å². The van der Waals surface area contributed by atoms with Gasteiger partial charge in [-0.25, -0.2) is 4.79 Å². The lowest BCUT2D eigenvalue weighted by Crippen LogP contribution is -2.40. The van der Waals surface area contributed by atoms with Gasteiger partial charge in [0.2, 0.25) is 11.8 Å². The average Bonchev–Trinajstić information content (AvgIpc) is 3.28. The molecule has 2 saturated heterocycles. The molecule has 2 rings (SSSR count). The largest absolute Gasteiger partial charge is 0.355 e. The zero-order chi connectivity index (χ0) is 22.1. The number of rotatable bonds is 11. The normalized spacial score (nSPS) is 20.3. The Morgan fingerprint density at radius 2 is 1.77 bits per heavy atom. The first-order chi connectivity index (χ1) is 14.3. The topological polar surface area (TPSA) is 125 Å². The molecule has 2 aliphatic heterocycles. The summed E-state index contributed by atoms with van der Waals surface area (Å²) >= 11 is 0. The molecule has 2 heterocycles. The van der Waals surface area contributed by atoms with Crippen LogP contribution in [0.5, 0.6) is 0 Å². The third-order valence-corrected chi connectivity index (χ3v) is 5.43. The van der Waals surface area contributed by atoms with Crippen LogP contribution in [0, 0.1) is 5.92 Å². The van der Waals surface area contributed by atoms with Gasteiger partial charge in [0.1, 0.15) is 0 Å². The molecule has 2 aliphatic rings. The highest BCUT2D eigenvalue weighted by atomic mass is 16.7. The third-order valence-electron chi connectivity index (χ3n) is 5.43. The van der Waals surface area contributed by atoms with Crippen molar-refractivity contribution in [3.8, 4) is 0 Å². The van der Waals surface area contributed by atoms with E-state index in [9.17, 15) is 24.0 Å². The molecule has 0 bridgehead atoms. The van der Waals surface area contributed by atoms with Crippen LogP contribution in [0.25, 0.3) is 0 Å². The Morgan fingerprint density at radius 3 is 2.43 bits per heavy atom. The Labute approximate surface area is 176 Å². The quantitative estimate of drug-likeness (QED) is 0.451. The van der Waals surface area contributed by atoms with Crippen molar-refractivity contribution in [2.45, 2.75) is 64.8 Å². The minimum absolute atomic E-state index is 0.0194. The molecule has 168 valence electrons. The lowest BCUT2D eigenvalue weighted by Gasteiger charge is -2.26. The van der Waals surface area contributed by atoms with Crippen molar-refractivity contribution >= 4 is 29.6 Å². The summed E-state index contributed by atoms with van der Waals surface area (Å²) in [7, 11) is 0. The number of hydrogen-bond donors (Lipinski definition) is 2. The zero-order valence-electron chi connectivity index (χ0n) is 17.8. The molecule has 2 N–H and O–H groups in total. The van der Waals surface area contributed by atoms with Crippen LogP contribution in [0.2, 0.25) is 0 Å². The first kappa shape index (κ1) is 23.8. The summed E-state index contributed by atoms with van der Waals surface area (Å²) < 4.78 is 0. The van der Waals surface area contributed by atoms with Crippen LogP contribution in [-0.4, -0.2) is 71.8 Å². The van der Waals surface area contributed by atoms with Gasteiger partial charge in [0, 0.05) is 50.9 Å². The molecule has 0 radical (unpaired) electrons. The van der Waals surface area contributed by atoms with Crippen molar-refractivity contribution < 1.29 is 28.8 Å². The fourth-order valence-electron chi connectivity index (χ4n) is 3.70. The van der Waals surface area contributed by atoms with E-state index in [0.717, 1.165) is 19.5 Å².